The van der Waals surface area contributed by atoms with E-state index < -0.39 is 10.0 Å². The molecule has 0 unspecified atom stereocenters. The van der Waals surface area contributed by atoms with Crippen LogP contribution in [0.5, 0.6) is 5.75 Å². The predicted octanol–water partition coefficient (Wildman–Crippen LogP) is 1.93. The molecule has 0 bridgehead atoms. The van der Waals surface area contributed by atoms with Crippen LogP contribution in [-0.4, -0.2) is 30.7 Å². The molecule has 0 atom stereocenters. The van der Waals surface area contributed by atoms with E-state index in [1.54, 1.807) is 43.6 Å². The quantitative estimate of drug-likeness (QED) is 0.715. The van der Waals surface area contributed by atoms with Gasteiger partial charge in [0.1, 0.15) is 5.75 Å². The maximum absolute atomic E-state index is 12.5. The van der Waals surface area contributed by atoms with E-state index in [1.807, 2.05) is 0 Å². The fraction of sp³-hybridized carbons (Fsp3) is 0.188. The van der Waals surface area contributed by atoms with E-state index in [0.717, 1.165) is 0 Å². The fourth-order valence-corrected chi connectivity index (χ4v) is 3.42. The number of hydrogen-bond acceptors (Lipinski definition) is 7. The molecule has 3 aromatic rings. The van der Waals surface area contributed by atoms with Crippen molar-refractivity contribution in [1.82, 2.24) is 19.9 Å². The highest BCUT2D eigenvalue weighted by Gasteiger charge is 2.18. The van der Waals surface area contributed by atoms with Crippen LogP contribution < -0.4 is 9.46 Å². The highest BCUT2D eigenvalue weighted by Crippen LogP contribution is 2.21. The van der Waals surface area contributed by atoms with Crippen molar-refractivity contribution in [2.45, 2.75) is 18.4 Å². The molecule has 0 fully saturated rings. The first-order chi connectivity index (χ1) is 12.0. The number of benzene rings is 1. The molecule has 2 heterocycles. The number of rotatable bonds is 6. The second-order valence-electron chi connectivity index (χ2n) is 5.19. The Morgan fingerprint density at radius 3 is 2.60 bits per heavy atom. The molecule has 1 aromatic carbocycles. The van der Waals surface area contributed by atoms with Gasteiger partial charge in [0, 0.05) is 18.0 Å². The van der Waals surface area contributed by atoms with Gasteiger partial charge in [-0.1, -0.05) is 0 Å². The summed E-state index contributed by atoms with van der Waals surface area (Å²) in [7, 11) is -2.19. The lowest BCUT2D eigenvalue weighted by Crippen LogP contribution is -2.24. The summed E-state index contributed by atoms with van der Waals surface area (Å²) < 4.78 is 37.9. The number of methoxy groups -OCH3 is 1. The van der Waals surface area contributed by atoms with Crippen LogP contribution in [0.15, 0.2) is 52.0 Å². The van der Waals surface area contributed by atoms with Crippen molar-refractivity contribution in [3.63, 3.8) is 0 Å². The van der Waals surface area contributed by atoms with Crippen LogP contribution in [0, 0.1) is 6.92 Å². The third kappa shape index (κ3) is 3.83. The van der Waals surface area contributed by atoms with Crippen molar-refractivity contribution in [2.24, 2.45) is 0 Å². The van der Waals surface area contributed by atoms with E-state index in [4.69, 9.17) is 9.15 Å². The Bertz CT molecular complexity index is 971. The second-order valence-corrected chi connectivity index (χ2v) is 6.93. The molecule has 0 spiro atoms. The minimum Gasteiger partial charge on any atom is -0.497 e. The molecule has 3 rings (SSSR count). The van der Waals surface area contributed by atoms with Crippen molar-refractivity contribution in [3.05, 3.63) is 54.2 Å². The van der Waals surface area contributed by atoms with E-state index in [0.29, 0.717) is 22.8 Å². The molecule has 0 saturated heterocycles. The average Bonchev–Trinajstić information content (AvgIpc) is 3.09. The lowest BCUT2D eigenvalue weighted by Gasteiger charge is -2.09. The van der Waals surface area contributed by atoms with E-state index >= 15 is 0 Å². The van der Waals surface area contributed by atoms with Crippen molar-refractivity contribution in [3.8, 4) is 17.2 Å². The van der Waals surface area contributed by atoms with E-state index in [1.165, 1.54) is 13.2 Å². The summed E-state index contributed by atoms with van der Waals surface area (Å²) in [5.74, 6) is 1.06. The smallest absolute Gasteiger partial charge is 0.247 e. The molecular weight excluding hydrogens is 344 g/mol. The zero-order valence-electron chi connectivity index (χ0n) is 13.6. The van der Waals surface area contributed by atoms with Crippen LogP contribution >= 0.6 is 0 Å². The molecule has 0 aliphatic carbocycles. The SMILES string of the molecule is COc1ccc(S(=O)(=O)NCc2nnc(-c3ccncc3)o2)c(C)c1. The Morgan fingerprint density at radius 1 is 1.16 bits per heavy atom. The zero-order valence-corrected chi connectivity index (χ0v) is 14.4. The first kappa shape index (κ1) is 17.1. The van der Waals surface area contributed by atoms with Crippen LogP contribution in [0.4, 0.5) is 0 Å². The van der Waals surface area contributed by atoms with Crippen molar-refractivity contribution in [2.75, 3.05) is 7.11 Å². The van der Waals surface area contributed by atoms with Gasteiger partial charge in [0.2, 0.25) is 21.8 Å². The fourth-order valence-electron chi connectivity index (χ4n) is 2.22. The first-order valence-corrected chi connectivity index (χ1v) is 8.85. The molecule has 0 amide bonds. The molecule has 0 radical (unpaired) electrons. The van der Waals surface area contributed by atoms with Crippen LogP contribution in [0.3, 0.4) is 0 Å². The summed E-state index contributed by atoms with van der Waals surface area (Å²) in [6.45, 7) is 1.59. The topological polar surface area (TPSA) is 107 Å². The molecule has 8 nitrogen and oxygen atoms in total. The third-order valence-electron chi connectivity index (χ3n) is 3.48. The van der Waals surface area contributed by atoms with Gasteiger partial charge in [0.05, 0.1) is 18.6 Å². The van der Waals surface area contributed by atoms with Gasteiger partial charge in [0.25, 0.3) is 0 Å². The van der Waals surface area contributed by atoms with E-state index in [9.17, 15) is 8.42 Å². The third-order valence-corrected chi connectivity index (χ3v) is 5.04. The Labute approximate surface area is 144 Å². The average molecular weight is 360 g/mol. The van der Waals surface area contributed by atoms with Gasteiger partial charge in [-0.15, -0.1) is 10.2 Å². The van der Waals surface area contributed by atoms with Gasteiger partial charge >= 0.3 is 0 Å². The largest absolute Gasteiger partial charge is 0.497 e. The minimum atomic E-state index is -3.71. The number of pyridine rings is 1. The zero-order chi connectivity index (χ0) is 17.9. The van der Waals surface area contributed by atoms with Gasteiger partial charge < -0.3 is 9.15 Å². The number of nitrogens with zero attached hydrogens (tertiary/aromatic N) is 3. The Morgan fingerprint density at radius 2 is 1.92 bits per heavy atom. The second kappa shape index (κ2) is 6.99. The number of ether oxygens (including phenoxy) is 1. The molecule has 2 aromatic heterocycles. The Kier molecular flexibility index (Phi) is 4.77. The standard InChI is InChI=1S/C16H16N4O4S/c1-11-9-13(23-2)3-4-14(11)25(21,22)18-10-15-19-20-16(24-15)12-5-7-17-8-6-12/h3-9,18H,10H2,1-2H3. The molecule has 0 aliphatic rings. The normalized spacial score (nSPS) is 11.4. The van der Waals surface area contributed by atoms with Crippen LogP contribution in [-0.2, 0) is 16.6 Å². The van der Waals surface area contributed by atoms with Crippen LogP contribution in [0.25, 0.3) is 11.5 Å². The summed E-state index contributed by atoms with van der Waals surface area (Å²) in [6, 6.07) is 8.19. The molecule has 1 N–H and O–H groups in total. The van der Waals surface area contributed by atoms with Crippen molar-refractivity contribution in [1.29, 1.82) is 0 Å². The maximum atomic E-state index is 12.5. The molecule has 9 heteroatoms. The van der Waals surface area contributed by atoms with Gasteiger partial charge in [-0.05, 0) is 42.8 Å². The number of aromatic nitrogens is 3. The summed E-state index contributed by atoms with van der Waals surface area (Å²) in [4.78, 5) is 4.08. The lowest BCUT2D eigenvalue weighted by atomic mass is 10.2. The summed E-state index contributed by atoms with van der Waals surface area (Å²) >= 11 is 0. The van der Waals surface area contributed by atoms with Crippen molar-refractivity contribution < 1.29 is 17.6 Å². The highest BCUT2D eigenvalue weighted by molar-refractivity contribution is 7.89. The monoisotopic (exact) mass is 360 g/mol. The summed E-state index contributed by atoms with van der Waals surface area (Å²) in [5, 5.41) is 7.76. The van der Waals surface area contributed by atoms with Crippen LogP contribution in [0.2, 0.25) is 0 Å². The predicted molar refractivity (Wildman–Crippen MR) is 89.3 cm³/mol. The van der Waals surface area contributed by atoms with Gasteiger partial charge in [-0.25, -0.2) is 13.1 Å². The highest BCUT2D eigenvalue weighted by atomic mass is 32.2. The molecule has 0 saturated carbocycles. The number of nitrogens with one attached hydrogen (secondary N) is 1. The van der Waals surface area contributed by atoms with Gasteiger partial charge in [-0.3, -0.25) is 4.98 Å². The minimum absolute atomic E-state index is 0.105. The number of aryl methyl sites for hydroxylation is 1. The lowest BCUT2D eigenvalue weighted by molar-refractivity contribution is 0.414. The molecular formula is C16H16N4O4S. The number of sulfonamides is 1. The molecule has 130 valence electrons. The summed E-state index contributed by atoms with van der Waals surface area (Å²) in [5.41, 5.74) is 1.29. The first-order valence-electron chi connectivity index (χ1n) is 7.36. The summed E-state index contributed by atoms with van der Waals surface area (Å²) in [6.07, 6.45) is 3.21. The van der Waals surface area contributed by atoms with E-state index in [-0.39, 0.29) is 17.3 Å². The van der Waals surface area contributed by atoms with Gasteiger partial charge in [-0.2, -0.15) is 0 Å². The molecule has 0 aliphatic heterocycles. The van der Waals surface area contributed by atoms with Gasteiger partial charge in [0.15, 0.2) is 0 Å². The number of hydrogen-bond donors (Lipinski definition) is 1. The van der Waals surface area contributed by atoms with Crippen LogP contribution in [0.1, 0.15) is 11.5 Å². The Balaban J connectivity index is 1.74. The Hall–Kier alpha value is -2.78. The van der Waals surface area contributed by atoms with Crippen molar-refractivity contribution >= 4 is 10.0 Å². The van der Waals surface area contributed by atoms with E-state index in [2.05, 4.69) is 19.9 Å². The molecule has 25 heavy (non-hydrogen) atoms. The maximum Gasteiger partial charge on any atom is 0.247 e.